The fourth-order valence-electron chi connectivity index (χ4n) is 2.53. The van der Waals surface area contributed by atoms with Crippen molar-refractivity contribution in [2.75, 3.05) is 18.0 Å². The summed E-state index contributed by atoms with van der Waals surface area (Å²) >= 11 is 0. The number of nitrogens with one attached hydrogen (secondary N) is 2. The molecule has 3 rings (SSSR count). The SMILES string of the molecule is N=C(N)NC(=O)OCc1ccnc(N2CC=C(c3ncco3)CC2)c1F. The second-order valence-corrected chi connectivity index (χ2v) is 5.49. The molecule has 1 aliphatic rings. The van der Waals surface area contributed by atoms with E-state index in [1.165, 1.54) is 18.5 Å². The van der Waals surface area contributed by atoms with E-state index < -0.39 is 17.9 Å². The lowest BCUT2D eigenvalue weighted by Gasteiger charge is -2.27. The number of nitrogens with two attached hydrogens (primary N) is 1. The van der Waals surface area contributed by atoms with Gasteiger partial charge in [0.25, 0.3) is 0 Å². The Hall–Kier alpha value is -3.43. The van der Waals surface area contributed by atoms with E-state index in [1.807, 2.05) is 11.4 Å². The van der Waals surface area contributed by atoms with Crippen LogP contribution < -0.4 is 16.0 Å². The molecule has 9 nitrogen and oxygen atoms in total. The van der Waals surface area contributed by atoms with Crippen molar-refractivity contribution in [2.45, 2.75) is 13.0 Å². The molecule has 0 saturated heterocycles. The van der Waals surface area contributed by atoms with Crippen LogP contribution in [0.4, 0.5) is 15.0 Å². The van der Waals surface area contributed by atoms with Crippen molar-refractivity contribution < 1.29 is 18.3 Å². The van der Waals surface area contributed by atoms with Crippen molar-refractivity contribution in [2.24, 2.45) is 5.73 Å². The van der Waals surface area contributed by atoms with Crippen molar-refractivity contribution in [3.05, 3.63) is 48.1 Å². The van der Waals surface area contributed by atoms with Gasteiger partial charge in [-0.05, 0) is 12.5 Å². The first-order valence-electron chi connectivity index (χ1n) is 7.79. The van der Waals surface area contributed by atoms with Gasteiger partial charge in [0.05, 0.1) is 6.20 Å². The molecule has 136 valence electrons. The van der Waals surface area contributed by atoms with Crippen molar-refractivity contribution >= 4 is 23.4 Å². The highest BCUT2D eigenvalue weighted by molar-refractivity contribution is 5.90. The number of oxazole rings is 1. The zero-order valence-corrected chi connectivity index (χ0v) is 13.7. The van der Waals surface area contributed by atoms with Crippen LogP contribution in [0, 0.1) is 11.2 Å². The van der Waals surface area contributed by atoms with Crippen LogP contribution in [-0.2, 0) is 11.3 Å². The van der Waals surface area contributed by atoms with Crippen LogP contribution in [0.5, 0.6) is 0 Å². The van der Waals surface area contributed by atoms with Gasteiger partial charge in [0.2, 0.25) is 5.89 Å². The van der Waals surface area contributed by atoms with E-state index in [2.05, 4.69) is 9.97 Å². The number of hydrogen-bond acceptors (Lipinski definition) is 7. The van der Waals surface area contributed by atoms with Gasteiger partial charge in [0.15, 0.2) is 17.6 Å². The average molecular weight is 360 g/mol. The van der Waals surface area contributed by atoms with Gasteiger partial charge >= 0.3 is 6.09 Å². The number of hydrogen-bond donors (Lipinski definition) is 3. The molecule has 1 amide bonds. The Morgan fingerprint density at radius 3 is 2.96 bits per heavy atom. The fourth-order valence-corrected chi connectivity index (χ4v) is 2.53. The summed E-state index contributed by atoms with van der Waals surface area (Å²) in [5, 5.41) is 8.90. The van der Waals surface area contributed by atoms with Crippen LogP contribution in [0.15, 0.2) is 35.2 Å². The number of aromatic nitrogens is 2. The Labute approximate surface area is 148 Å². The lowest BCUT2D eigenvalue weighted by molar-refractivity contribution is 0.143. The van der Waals surface area contributed by atoms with Crippen LogP contribution in [0.2, 0.25) is 0 Å². The molecule has 2 aromatic rings. The summed E-state index contributed by atoms with van der Waals surface area (Å²) in [6.07, 6.45) is 6.17. The summed E-state index contributed by atoms with van der Waals surface area (Å²) in [5.41, 5.74) is 6.17. The summed E-state index contributed by atoms with van der Waals surface area (Å²) in [5.74, 6) is -0.360. The number of carbonyl (C=O) groups excluding carboxylic acids is 1. The third-order valence-electron chi connectivity index (χ3n) is 3.76. The summed E-state index contributed by atoms with van der Waals surface area (Å²) in [6, 6.07) is 1.43. The predicted molar refractivity (Wildman–Crippen MR) is 90.7 cm³/mol. The van der Waals surface area contributed by atoms with Crippen LogP contribution in [-0.4, -0.2) is 35.1 Å². The first kappa shape index (κ1) is 17.4. The first-order chi connectivity index (χ1) is 12.5. The minimum Gasteiger partial charge on any atom is -0.445 e. The first-order valence-corrected chi connectivity index (χ1v) is 7.79. The molecule has 2 aromatic heterocycles. The van der Waals surface area contributed by atoms with E-state index in [0.29, 0.717) is 25.4 Å². The Morgan fingerprint density at radius 2 is 2.31 bits per heavy atom. The van der Waals surface area contributed by atoms with E-state index in [-0.39, 0.29) is 18.0 Å². The molecule has 0 aliphatic carbocycles. The summed E-state index contributed by atoms with van der Waals surface area (Å²) in [6.45, 7) is 0.704. The average Bonchev–Trinajstić information content (AvgIpc) is 3.15. The summed E-state index contributed by atoms with van der Waals surface area (Å²) in [4.78, 5) is 21.3. The standard InChI is InChI=1S/C16H17FN6O3/c17-12-11(9-26-16(24)22-15(18)19)1-4-20-13(12)23-6-2-10(3-7-23)14-21-5-8-25-14/h1-2,4-5,8H,3,6-7,9H2,(H4,18,19,22,24). The number of halogens is 1. The highest BCUT2D eigenvalue weighted by Crippen LogP contribution is 2.26. The molecule has 0 saturated carbocycles. The molecule has 10 heteroatoms. The van der Waals surface area contributed by atoms with E-state index in [4.69, 9.17) is 20.3 Å². The van der Waals surface area contributed by atoms with E-state index in [9.17, 15) is 9.18 Å². The van der Waals surface area contributed by atoms with Crippen molar-refractivity contribution in [3.8, 4) is 0 Å². The molecular weight excluding hydrogens is 343 g/mol. The van der Waals surface area contributed by atoms with Crippen LogP contribution in [0.25, 0.3) is 5.57 Å². The van der Waals surface area contributed by atoms with Gasteiger partial charge in [0, 0.05) is 30.4 Å². The Balaban J connectivity index is 1.68. The Morgan fingerprint density at radius 1 is 1.46 bits per heavy atom. The largest absolute Gasteiger partial charge is 0.445 e. The molecule has 0 unspecified atom stereocenters. The molecule has 0 spiro atoms. The maximum Gasteiger partial charge on any atom is 0.414 e. The molecular formula is C16H17FN6O3. The molecule has 0 atom stereocenters. The van der Waals surface area contributed by atoms with Crippen molar-refractivity contribution in [1.82, 2.24) is 15.3 Å². The number of carbonyl (C=O) groups is 1. The van der Waals surface area contributed by atoms with Gasteiger partial charge in [-0.3, -0.25) is 10.7 Å². The van der Waals surface area contributed by atoms with Gasteiger partial charge in [-0.1, -0.05) is 6.08 Å². The fraction of sp³-hybridized carbons (Fsp3) is 0.250. The van der Waals surface area contributed by atoms with Gasteiger partial charge in [0.1, 0.15) is 12.9 Å². The number of guanidine groups is 1. The number of anilines is 1. The molecule has 26 heavy (non-hydrogen) atoms. The number of ether oxygens (including phenoxy) is 1. The summed E-state index contributed by atoms with van der Waals surface area (Å²) < 4.78 is 24.8. The number of nitrogens with zero attached hydrogens (tertiary/aromatic N) is 3. The normalized spacial score (nSPS) is 13.9. The van der Waals surface area contributed by atoms with Crippen LogP contribution in [0.3, 0.4) is 0 Å². The topological polar surface area (TPSA) is 130 Å². The Kier molecular flexibility index (Phi) is 5.11. The van der Waals surface area contributed by atoms with Gasteiger partial charge in [-0.2, -0.15) is 0 Å². The summed E-state index contributed by atoms with van der Waals surface area (Å²) in [7, 11) is 0. The van der Waals surface area contributed by atoms with E-state index >= 15 is 0 Å². The van der Waals surface area contributed by atoms with Gasteiger partial charge in [-0.15, -0.1) is 0 Å². The number of amides is 1. The van der Waals surface area contributed by atoms with Crippen LogP contribution in [0.1, 0.15) is 17.9 Å². The molecule has 0 fully saturated rings. The zero-order chi connectivity index (χ0) is 18.5. The maximum atomic E-state index is 14.7. The van der Waals surface area contributed by atoms with E-state index in [0.717, 1.165) is 5.57 Å². The lowest BCUT2D eigenvalue weighted by Crippen LogP contribution is -2.36. The molecule has 0 radical (unpaired) electrons. The third-order valence-corrected chi connectivity index (χ3v) is 3.76. The number of pyridine rings is 1. The second-order valence-electron chi connectivity index (χ2n) is 5.49. The Bertz CT molecular complexity index is 837. The van der Waals surface area contributed by atoms with Crippen molar-refractivity contribution in [3.63, 3.8) is 0 Å². The maximum absolute atomic E-state index is 14.7. The minimum absolute atomic E-state index is 0.177. The molecule has 4 N–H and O–H groups in total. The third kappa shape index (κ3) is 3.97. The van der Waals surface area contributed by atoms with Crippen molar-refractivity contribution in [1.29, 1.82) is 5.41 Å². The van der Waals surface area contributed by atoms with Crippen LogP contribution >= 0.6 is 0 Å². The van der Waals surface area contributed by atoms with Gasteiger partial charge < -0.3 is 19.8 Å². The molecule has 0 aromatic carbocycles. The lowest BCUT2D eigenvalue weighted by atomic mass is 10.1. The minimum atomic E-state index is -0.924. The predicted octanol–water partition coefficient (Wildman–Crippen LogP) is 1.62. The number of alkyl carbamates (subject to hydrolysis) is 1. The monoisotopic (exact) mass is 360 g/mol. The highest BCUT2D eigenvalue weighted by atomic mass is 19.1. The second kappa shape index (κ2) is 7.64. The smallest absolute Gasteiger partial charge is 0.414 e. The van der Waals surface area contributed by atoms with E-state index in [1.54, 1.807) is 11.1 Å². The zero-order valence-electron chi connectivity index (χ0n) is 13.7. The molecule has 1 aliphatic heterocycles. The quantitative estimate of drug-likeness (QED) is 0.558. The number of rotatable bonds is 4. The van der Waals surface area contributed by atoms with Gasteiger partial charge in [-0.25, -0.2) is 19.2 Å². The molecule has 3 heterocycles. The highest BCUT2D eigenvalue weighted by Gasteiger charge is 2.21. The molecule has 0 bridgehead atoms.